The maximum absolute atomic E-state index is 13.6. The quantitative estimate of drug-likeness (QED) is 0.349. The Morgan fingerprint density at radius 2 is 1.68 bits per heavy atom. The number of hydrogen-bond acceptors (Lipinski definition) is 4. The van der Waals surface area contributed by atoms with Crippen LogP contribution in [0, 0.1) is 24.2 Å². The number of carbonyl (C=O) groups excluding carboxylic acids is 2. The van der Waals surface area contributed by atoms with Gasteiger partial charge in [-0.15, -0.1) is 0 Å². The van der Waals surface area contributed by atoms with Crippen LogP contribution in [-0.2, 0) is 17.6 Å². The number of rotatable bonds is 5. The van der Waals surface area contributed by atoms with Crippen LogP contribution in [0.2, 0.25) is 0 Å². The summed E-state index contributed by atoms with van der Waals surface area (Å²) in [6.07, 6.45) is 1.37. The second-order valence-corrected chi connectivity index (χ2v) is 8.31. The lowest BCUT2D eigenvalue weighted by Crippen LogP contribution is -2.30. The molecule has 1 amide bonds. The molecule has 1 heterocycles. The number of para-hydroxylation sites is 2. The molecule has 0 saturated heterocycles. The van der Waals surface area contributed by atoms with Gasteiger partial charge in [-0.05, 0) is 49.1 Å². The molecule has 1 atom stereocenters. The van der Waals surface area contributed by atoms with Gasteiger partial charge in [-0.3, -0.25) is 9.59 Å². The topological polar surface area (TPSA) is 87.8 Å². The van der Waals surface area contributed by atoms with Crippen molar-refractivity contribution in [1.82, 2.24) is 9.78 Å². The molecule has 4 aromatic rings. The van der Waals surface area contributed by atoms with Crippen LogP contribution in [0.1, 0.15) is 27.2 Å². The molecule has 1 unspecified atom stereocenters. The summed E-state index contributed by atoms with van der Waals surface area (Å²) >= 11 is 0. The van der Waals surface area contributed by atoms with Gasteiger partial charge in [-0.1, -0.05) is 60.7 Å². The van der Waals surface area contributed by atoms with Crippen molar-refractivity contribution in [3.05, 3.63) is 101 Å². The van der Waals surface area contributed by atoms with Crippen molar-refractivity contribution in [2.24, 2.45) is 5.92 Å². The van der Waals surface area contributed by atoms with E-state index in [9.17, 15) is 14.9 Å². The number of anilines is 1. The number of nitriles is 1. The van der Waals surface area contributed by atoms with Crippen molar-refractivity contribution in [3.8, 4) is 23.0 Å². The van der Waals surface area contributed by atoms with Gasteiger partial charge in [0, 0.05) is 16.8 Å². The second kappa shape index (κ2) is 8.80. The fraction of sp³-hybridized carbons (Fsp3) is 0.143. The Hall–Kier alpha value is -4.50. The van der Waals surface area contributed by atoms with E-state index in [4.69, 9.17) is 0 Å². The third-order valence-electron chi connectivity index (χ3n) is 6.19. The summed E-state index contributed by atoms with van der Waals surface area (Å²) in [7, 11) is 0. The molecule has 5 rings (SSSR count). The van der Waals surface area contributed by atoms with Gasteiger partial charge in [0.2, 0.25) is 11.7 Å². The van der Waals surface area contributed by atoms with E-state index >= 15 is 0 Å². The number of carbonyl (C=O) groups is 2. The van der Waals surface area contributed by atoms with E-state index in [1.807, 2.05) is 73.7 Å². The predicted octanol–water partition coefficient (Wildman–Crippen LogP) is 4.91. The summed E-state index contributed by atoms with van der Waals surface area (Å²) in [6, 6.07) is 26.8. The van der Waals surface area contributed by atoms with E-state index in [0.717, 1.165) is 34.5 Å². The lowest BCUT2D eigenvalue weighted by molar-refractivity contribution is -0.117. The van der Waals surface area contributed by atoms with E-state index < -0.39 is 17.6 Å². The molecule has 1 aliphatic carbocycles. The molecule has 0 fully saturated rings. The average molecular weight is 447 g/mol. The zero-order chi connectivity index (χ0) is 23.7. The van der Waals surface area contributed by atoms with Crippen LogP contribution >= 0.6 is 0 Å². The highest BCUT2D eigenvalue weighted by Gasteiger charge is 2.35. The Bertz CT molecular complexity index is 1450. The van der Waals surface area contributed by atoms with Crippen molar-refractivity contribution < 1.29 is 9.59 Å². The maximum Gasteiger partial charge on any atom is 0.249 e. The van der Waals surface area contributed by atoms with Crippen LogP contribution in [0.25, 0.3) is 16.9 Å². The minimum Gasteiger partial charge on any atom is -0.324 e. The molecule has 3 aromatic carbocycles. The molecule has 0 aliphatic heterocycles. The van der Waals surface area contributed by atoms with Crippen molar-refractivity contribution in [1.29, 1.82) is 5.26 Å². The number of nitrogens with one attached hydrogen (secondary N) is 1. The fourth-order valence-corrected chi connectivity index (χ4v) is 4.44. The normalized spacial score (nSPS) is 12.7. The van der Waals surface area contributed by atoms with Gasteiger partial charge < -0.3 is 5.32 Å². The number of aryl methyl sites for hydroxylation is 2. The van der Waals surface area contributed by atoms with Crippen LogP contribution in [0.4, 0.5) is 5.69 Å². The molecule has 0 radical (unpaired) electrons. The first-order chi connectivity index (χ1) is 16.6. The highest BCUT2D eigenvalue weighted by Crippen LogP contribution is 2.37. The number of nitrogens with zero attached hydrogens (tertiary/aromatic N) is 3. The maximum atomic E-state index is 13.6. The number of aromatic nitrogens is 2. The molecule has 6 nitrogen and oxygen atoms in total. The molecule has 0 saturated carbocycles. The number of amides is 1. The van der Waals surface area contributed by atoms with Crippen LogP contribution < -0.4 is 5.32 Å². The lowest BCUT2D eigenvalue weighted by Gasteiger charge is -2.18. The summed E-state index contributed by atoms with van der Waals surface area (Å²) in [6.45, 7) is 1.86. The van der Waals surface area contributed by atoms with Crippen molar-refractivity contribution >= 4 is 17.4 Å². The summed E-state index contributed by atoms with van der Waals surface area (Å²) in [5.74, 6) is -2.74. The third kappa shape index (κ3) is 3.67. The number of benzene rings is 3. The van der Waals surface area contributed by atoms with Gasteiger partial charge in [0.05, 0.1) is 17.5 Å². The Morgan fingerprint density at radius 1 is 0.971 bits per heavy atom. The van der Waals surface area contributed by atoms with E-state index in [2.05, 4.69) is 16.5 Å². The van der Waals surface area contributed by atoms with Crippen molar-refractivity contribution in [2.75, 3.05) is 5.32 Å². The lowest BCUT2D eigenvalue weighted by atomic mass is 9.87. The zero-order valence-corrected chi connectivity index (χ0v) is 18.7. The first-order valence-corrected chi connectivity index (χ1v) is 11.1. The van der Waals surface area contributed by atoms with Crippen LogP contribution in [-0.4, -0.2) is 21.5 Å². The number of hydrogen-bond donors (Lipinski definition) is 1. The molecule has 0 spiro atoms. The van der Waals surface area contributed by atoms with Crippen LogP contribution in [0.5, 0.6) is 0 Å². The Balaban J connectivity index is 1.58. The standard InChI is InChI=1S/C28H22N4O2/c1-18-9-5-8-14-24(18)30-28(34)23(17-29)27(33)25-22-16-15-19-10-6-7-13-21(19)26(22)32(31-25)20-11-3-2-4-12-20/h2-14,23H,15-16H2,1H3,(H,30,34). The van der Waals surface area contributed by atoms with E-state index in [-0.39, 0.29) is 5.69 Å². The van der Waals surface area contributed by atoms with Gasteiger partial charge in [0.25, 0.3) is 0 Å². The fourth-order valence-electron chi connectivity index (χ4n) is 4.44. The summed E-state index contributed by atoms with van der Waals surface area (Å²) in [4.78, 5) is 26.5. The zero-order valence-electron chi connectivity index (χ0n) is 18.7. The van der Waals surface area contributed by atoms with Gasteiger partial charge >= 0.3 is 0 Å². The molecule has 0 bridgehead atoms. The van der Waals surface area contributed by atoms with E-state index in [1.165, 1.54) is 5.56 Å². The number of ketones is 1. The monoisotopic (exact) mass is 446 g/mol. The predicted molar refractivity (Wildman–Crippen MR) is 130 cm³/mol. The highest BCUT2D eigenvalue weighted by atomic mass is 16.2. The molecule has 34 heavy (non-hydrogen) atoms. The Morgan fingerprint density at radius 3 is 2.44 bits per heavy atom. The SMILES string of the molecule is Cc1ccccc1NC(=O)C(C#N)C(=O)c1nn(-c2ccccc2)c2c1CCc1ccccc1-2. The molecule has 1 aromatic heterocycles. The average Bonchev–Trinajstić information content (AvgIpc) is 3.27. The minimum atomic E-state index is -1.50. The van der Waals surface area contributed by atoms with Gasteiger partial charge in [-0.25, -0.2) is 4.68 Å². The van der Waals surface area contributed by atoms with Gasteiger partial charge in [0.15, 0.2) is 5.92 Å². The Labute approximate surface area is 197 Å². The third-order valence-corrected chi connectivity index (χ3v) is 6.19. The van der Waals surface area contributed by atoms with E-state index in [0.29, 0.717) is 12.1 Å². The summed E-state index contributed by atoms with van der Waals surface area (Å²) in [5.41, 5.74) is 6.22. The molecule has 1 aliphatic rings. The summed E-state index contributed by atoms with van der Waals surface area (Å²) in [5, 5.41) is 17.2. The van der Waals surface area contributed by atoms with Gasteiger partial charge in [0.1, 0.15) is 5.69 Å². The molecular formula is C28H22N4O2. The summed E-state index contributed by atoms with van der Waals surface area (Å²) < 4.78 is 1.76. The van der Waals surface area contributed by atoms with Crippen molar-refractivity contribution in [2.45, 2.75) is 19.8 Å². The van der Waals surface area contributed by atoms with Crippen LogP contribution in [0.3, 0.4) is 0 Å². The molecule has 1 N–H and O–H groups in total. The van der Waals surface area contributed by atoms with E-state index in [1.54, 1.807) is 16.8 Å². The smallest absolute Gasteiger partial charge is 0.249 e. The minimum absolute atomic E-state index is 0.180. The Kier molecular flexibility index (Phi) is 5.52. The number of Topliss-reactive ketones (excluding diaryl/α,β-unsaturated/α-hetero) is 1. The molecular weight excluding hydrogens is 424 g/mol. The highest BCUT2D eigenvalue weighted by molar-refractivity contribution is 6.16. The van der Waals surface area contributed by atoms with Crippen LogP contribution in [0.15, 0.2) is 78.9 Å². The molecule has 166 valence electrons. The molecule has 6 heteroatoms. The first-order valence-electron chi connectivity index (χ1n) is 11.1. The van der Waals surface area contributed by atoms with Crippen molar-refractivity contribution in [3.63, 3.8) is 0 Å². The first kappa shape index (κ1) is 21.4. The largest absolute Gasteiger partial charge is 0.324 e. The number of fused-ring (bicyclic) bond motifs is 3. The van der Waals surface area contributed by atoms with Gasteiger partial charge in [-0.2, -0.15) is 10.4 Å². The second-order valence-electron chi connectivity index (χ2n) is 8.31.